The van der Waals surface area contributed by atoms with Crippen molar-refractivity contribution in [2.75, 3.05) is 32.1 Å². The SMILES string of the molecule is COc1nc(-c2ccnc(-c3cccc(NC(=O)c4nc5c(n4C)CCN(CCC46CCC(C(=O)O)(CC4)C6)C5)c3Cl)c2Cl)ccc1CN(C[C@@H]1CCC(=O)N1)C(=O)OC(C)(C)C. The second-order valence-electron chi connectivity index (χ2n) is 18.6. The average molecular weight is 902 g/mol. The van der Waals surface area contributed by atoms with Gasteiger partial charge in [-0.25, -0.2) is 14.8 Å². The van der Waals surface area contributed by atoms with Crippen LogP contribution in [0.5, 0.6) is 5.88 Å². The number of rotatable bonds is 13. The zero-order valence-electron chi connectivity index (χ0n) is 36.4. The quantitative estimate of drug-likeness (QED) is 0.119. The minimum atomic E-state index is -0.722. The van der Waals surface area contributed by atoms with Crippen molar-refractivity contribution < 1.29 is 33.8 Å². The fourth-order valence-electron chi connectivity index (χ4n) is 9.88. The molecule has 1 saturated heterocycles. The molecule has 1 aromatic carbocycles. The number of benzene rings is 1. The Kier molecular flexibility index (Phi) is 12.2. The second-order valence-corrected chi connectivity index (χ2v) is 19.4. The van der Waals surface area contributed by atoms with Crippen LogP contribution in [0.2, 0.25) is 10.0 Å². The van der Waals surface area contributed by atoms with Crippen molar-refractivity contribution in [1.82, 2.24) is 34.6 Å². The summed E-state index contributed by atoms with van der Waals surface area (Å²) in [5, 5.41) is 16.3. The second kappa shape index (κ2) is 17.4. The number of nitrogens with one attached hydrogen (secondary N) is 2. The lowest BCUT2D eigenvalue weighted by Crippen LogP contribution is -2.43. The smallest absolute Gasteiger partial charge is 0.410 e. The third-order valence-electron chi connectivity index (χ3n) is 13.3. The van der Waals surface area contributed by atoms with Crippen molar-refractivity contribution in [2.24, 2.45) is 17.9 Å². The van der Waals surface area contributed by atoms with Crippen LogP contribution in [0, 0.1) is 10.8 Å². The first-order valence-corrected chi connectivity index (χ1v) is 22.3. The molecule has 3 amide bonds. The van der Waals surface area contributed by atoms with Crippen LogP contribution in [-0.2, 0) is 40.9 Å². The van der Waals surface area contributed by atoms with Crippen LogP contribution in [0.15, 0.2) is 42.6 Å². The summed E-state index contributed by atoms with van der Waals surface area (Å²) in [4.78, 5) is 69.2. The fourth-order valence-corrected chi connectivity index (χ4v) is 10.5. The Hall–Kier alpha value is -5.25. The first-order valence-electron chi connectivity index (χ1n) is 21.5. The highest BCUT2D eigenvalue weighted by molar-refractivity contribution is 6.39. The Morgan fingerprint density at radius 3 is 2.49 bits per heavy atom. The van der Waals surface area contributed by atoms with Crippen LogP contribution in [0.4, 0.5) is 10.5 Å². The first-order chi connectivity index (χ1) is 30.0. The van der Waals surface area contributed by atoms with Crippen molar-refractivity contribution in [3.05, 3.63) is 75.4 Å². The molecule has 1 atom stereocenters. The number of hydrogen-bond acceptors (Lipinski definition) is 10. The Morgan fingerprint density at radius 1 is 1.03 bits per heavy atom. The number of carbonyl (C=O) groups excluding carboxylic acids is 3. The molecule has 8 rings (SSSR count). The number of aliphatic carboxylic acids is 1. The molecule has 2 saturated carbocycles. The Morgan fingerprint density at radius 2 is 1.81 bits per heavy atom. The van der Waals surface area contributed by atoms with Gasteiger partial charge >= 0.3 is 12.1 Å². The van der Waals surface area contributed by atoms with E-state index >= 15 is 0 Å². The highest BCUT2D eigenvalue weighted by Gasteiger charge is 2.57. The number of carboxylic acids is 1. The van der Waals surface area contributed by atoms with Crippen LogP contribution in [-0.4, -0.2) is 96.7 Å². The van der Waals surface area contributed by atoms with E-state index in [2.05, 4.69) is 20.5 Å². The fraction of sp³-hybridized carbons (Fsp3) is 0.500. The van der Waals surface area contributed by atoms with Gasteiger partial charge in [0.05, 0.1) is 51.9 Å². The number of fused-ring (bicyclic) bond motifs is 3. The van der Waals surface area contributed by atoms with Gasteiger partial charge in [-0.3, -0.25) is 24.3 Å². The zero-order chi connectivity index (χ0) is 44.8. The molecular weight excluding hydrogens is 847 g/mol. The molecule has 2 aliphatic carbocycles. The molecule has 5 heterocycles. The molecular formula is C46H54Cl2N8O7. The van der Waals surface area contributed by atoms with E-state index in [0.717, 1.165) is 69.4 Å². The number of ether oxygens (including phenoxy) is 2. The molecule has 0 unspecified atom stereocenters. The number of aromatic nitrogens is 4. The number of carboxylic acid groups (broad SMARTS) is 1. The largest absolute Gasteiger partial charge is 0.481 e. The third-order valence-corrected chi connectivity index (χ3v) is 14.1. The lowest BCUT2D eigenvalue weighted by Gasteiger charge is -2.32. The lowest BCUT2D eigenvalue weighted by atomic mass is 9.80. The van der Waals surface area contributed by atoms with Gasteiger partial charge in [0.1, 0.15) is 5.60 Å². The Labute approximate surface area is 376 Å². The maximum absolute atomic E-state index is 13.8. The minimum Gasteiger partial charge on any atom is -0.481 e. The normalized spacial score (nSPS) is 21.8. The van der Waals surface area contributed by atoms with Crippen LogP contribution < -0.4 is 15.4 Å². The van der Waals surface area contributed by atoms with Gasteiger partial charge < -0.3 is 34.7 Å². The van der Waals surface area contributed by atoms with E-state index in [4.69, 9.17) is 42.6 Å². The third kappa shape index (κ3) is 9.10. The molecule has 63 heavy (non-hydrogen) atoms. The van der Waals surface area contributed by atoms with Crippen LogP contribution in [0.25, 0.3) is 22.5 Å². The summed E-state index contributed by atoms with van der Waals surface area (Å²) in [6.45, 7) is 8.13. The van der Waals surface area contributed by atoms with E-state index < -0.39 is 29.0 Å². The van der Waals surface area contributed by atoms with E-state index in [0.29, 0.717) is 53.2 Å². The highest BCUT2D eigenvalue weighted by atomic mass is 35.5. The van der Waals surface area contributed by atoms with Crippen molar-refractivity contribution in [2.45, 2.75) is 103 Å². The molecule has 2 bridgehead atoms. The van der Waals surface area contributed by atoms with E-state index in [9.17, 15) is 24.3 Å². The molecule has 4 aliphatic rings. The summed E-state index contributed by atoms with van der Waals surface area (Å²) in [5.41, 5.74) is 3.68. The number of imidazole rings is 1. The van der Waals surface area contributed by atoms with Gasteiger partial charge in [0.2, 0.25) is 11.8 Å². The summed E-state index contributed by atoms with van der Waals surface area (Å²) < 4.78 is 13.3. The molecule has 0 spiro atoms. The molecule has 4 aromatic rings. The first kappa shape index (κ1) is 44.4. The number of anilines is 1. The van der Waals surface area contributed by atoms with Gasteiger partial charge in [-0.1, -0.05) is 35.3 Å². The Bertz CT molecular complexity index is 2460. The predicted molar refractivity (Wildman–Crippen MR) is 238 cm³/mol. The van der Waals surface area contributed by atoms with E-state index in [-0.39, 0.29) is 52.2 Å². The topological polar surface area (TPSA) is 181 Å². The average Bonchev–Trinajstić information content (AvgIpc) is 4.03. The standard InChI is InChI=1S/C46H54Cl2N8O7/c1-44(2,3)63-43(61)56(24-28-10-12-35(57)50-28)23-27-9-11-31(53-41(27)62-5)29-13-20-49-38(37(29)48)30-7-6-8-32(36(30)47)52-40(58)39-51-33-25-55(21-14-34(33)54(39)4)22-19-45-15-17-46(26-45,18-16-45)42(59)60/h6-9,11,13,20,28H,10,12,14-19,21-26H2,1-5H3,(H,50,57)(H,52,58)(H,59,60)/t28-,45?,46?/m0/s1. The van der Waals surface area contributed by atoms with Crippen LogP contribution >= 0.6 is 23.2 Å². The van der Waals surface area contributed by atoms with Crippen molar-refractivity contribution >= 4 is 52.8 Å². The van der Waals surface area contributed by atoms with Crippen LogP contribution in [0.1, 0.15) is 99.7 Å². The minimum absolute atomic E-state index is 0.0491. The number of methoxy groups -OCH3 is 1. The van der Waals surface area contributed by atoms with Gasteiger partial charge in [0, 0.05) is 74.1 Å². The summed E-state index contributed by atoms with van der Waals surface area (Å²) >= 11 is 14.1. The van der Waals surface area contributed by atoms with Gasteiger partial charge in [0.25, 0.3) is 5.91 Å². The molecule has 3 fully saturated rings. The summed E-state index contributed by atoms with van der Waals surface area (Å²) in [6, 6.07) is 10.4. The monoisotopic (exact) mass is 900 g/mol. The Balaban J connectivity index is 0.964. The van der Waals surface area contributed by atoms with Gasteiger partial charge in [-0.2, -0.15) is 0 Å². The zero-order valence-corrected chi connectivity index (χ0v) is 37.9. The molecule has 15 nitrogen and oxygen atoms in total. The summed E-state index contributed by atoms with van der Waals surface area (Å²) in [7, 11) is 3.36. The van der Waals surface area contributed by atoms with Crippen molar-refractivity contribution in [1.29, 1.82) is 0 Å². The molecule has 3 N–H and O–H groups in total. The van der Waals surface area contributed by atoms with Gasteiger partial charge in [-0.15, -0.1) is 0 Å². The molecule has 3 aromatic heterocycles. The van der Waals surface area contributed by atoms with E-state index in [1.165, 1.54) is 7.11 Å². The molecule has 2 aliphatic heterocycles. The number of carbonyl (C=O) groups is 4. The van der Waals surface area contributed by atoms with E-state index in [1.807, 2.05) is 17.7 Å². The number of halogens is 2. The number of pyridine rings is 2. The number of nitrogens with zero attached hydrogens (tertiary/aromatic N) is 6. The molecule has 334 valence electrons. The molecule has 0 radical (unpaired) electrons. The highest BCUT2D eigenvalue weighted by Crippen LogP contribution is 2.63. The maximum atomic E-state index is 13.8. The predicted octanol–water partition coefficient (Wildman–Crippen LogP) is 7.91. The number of amides is 3. The van der Waals surface area contributed by atoms with E-state index in [1.54, 1.807) is 62.2 Å². The maximum Gasteiger partial charge on any atom is 0.410 e. The summed E-state index contributed by atoms with van der Waals surface area (Å²) in [6.07, 6.45) is 8.13. The van der Waals surface area contributed by atoms with Crippen LogP contribution in [0.3, 0.4) is 0 Å². The van der Waals surface area contributed by atoms with Crippen molar-refractivity contribution in [3.8, 4) is 28.4 Å². The number of hydrogen-bond donors (Lipinski definition) is 3. The summed E-state index contributed by atoms with van der Waals surface area (Å²) in [5.74, 6) is -0.529. The van der Waals surface area contributed by atoms with Crippen molar-refractivity contribution in [3.63, 3.8) is 0 Å². The lowest BCUT2D eigenvalue weighted by molar-refractivity contribution is -0.148. The van der Waals surface area contributed by atoms with Gasteiger partial charge in [0.15, 0.2) is 5.82 Å². The molecule has 17 heteroatoms. The van der Waals surface area contributed by atoms with Gasteiger partial charge in [-0.05, 0) is 102 Å².